The van der Waals surface area contributed by atoms with E-state index < -0.39 is 0 Å². The highest BCUT2D eigenvalue weighted by molar-refractivity contribution is 7.08. The lowest BCUT2D eigenvalue weighted by molar-refractivity contribution is 0.000553. The first-order valence-electron chi connectivity index (χ1n) is 8.16. The smallest absolute Gasteiger partial charge is 0.132 e. The summed E-state index contributed by atoms with van der Waals surface area (Å²) < 4.78 is 6.05. The Morgan fingerprint density at radius 1 is 1.21 bits per heavy atom. The van der Waals surface area contributed by atoms with E-state index in [1.165, 1.54) is 5.56 Å². The zero-order chi connectivity index (χ0) is 16.6. The molecular weight excluding hydrogens is 320 g/mol. The van der Waals surface area contributed by atoms with Gasteiger partial charge in [-0.25, -0.2) is 4.98 Å². The number of thiophene rings is 1. The lowest BCUT2D eigenvalue weighted by Crippen LogP contribution is -2.39. The summed E-state index contributed by atoms with van der Waals surface area (Å²) in [7, 11) is 0. The lowest BCUT2D eigenvalue weighted by Gasteiger charge is -2.39. The number of benzene rings is 1. The molecule has 1 aliphatic rings. The topological polar surface area (TPSA) is 68.4 Å². The molecule has 5 heteroatoms. The van der Waals surface area contributed by atoms with Crippen LogP contribution in [0.25, 0.3) is 22.0 Å². The Bertz CT molecular complexity index is 852. The van der Waals surface area contributed by atoms with Gasteiger partial charge in [0.2, 0.25) is 0 Å². The average Bonchev–Trinajstić information content (AvgIpc) is 3.08. The number of ether oxygens (including phenoxy) is 1. The summed E-state index contributed by atoms with van der Waals surface area (Å²) in [5, 5.41) is 14.7. The van der Waals surface area contributed by atoms with Gasteiger partial charge in [-0.05, 0) is 52.9 Å². The molecule has 0 amide bonds. The predicted molar refractivity (Wildman–Crippen MR) is 98.3 cm³/mol. The molecule has 0 spiro atoms. The Labute approximate surface area is 144 Å². The molecule has 2 heterocycles. The van der Waals surface area contributed by atoms with Gasteiger partial charge in [0.1, 0.15) is 11.6 Å². The van der Waals surface area contributed by atoms with E-state index in [4.69, 9.17) is 10.5 Å². The highest BCUT2D eigenvalue weighted by Crippen LogP contribution is 2.41. The number of aliphatic hydroxyl groups excluding tert-OH is 1. The number of pyridine rings is 1. The number of aliphatic hydroxyl groups is 1. The van der Waals surface area contributed by atoms with Crippen molar-refractivity contribution in [2.24, 2.45) is 5.41 Å². The molecule has 3 aromatic rings. The number of aromatic nitrogens is 1. The fraction of sp³-hybridized carbons (Fsp3) is 0.316. The molecule has 1 aromatic carbocycles. The molecule has 4 rings (SSSR count). The van der Waals surface area contributed by atoms with Gasteiger partial charge in [-0.15, -0.1) is 0 Å². The van der Waals surface area contributed by atoms with Crippen LogP contribution >= 0.6 is 11.3 Å². The van der Waals surface area contributed by atoms with Gasteiger partial charge in [0.15, 0.2) is 0 Å². The molecule has 0 bridgehead atoms. The summed E-state index contributed by atoms with van der Waals surface area (Å²) in [6.45, 7) is 0.697. The van der Waals surface area contributed by atoms with Crippen LogP contribution in [0.15, 0.2) is 41.1 Å². The molecule has 0 unspecified atom stereocenters. The van der Waals surface area contributed by atoms with Crippen molar-refractivity contribution in [3.05, 3.63) is 41.1 Å². The average molecular weight is 340 g/mol. The van der Waals surface area contributed by atoms with Crippen LogP contribution in [0.5, 0.6) is 5.75 Å². The Balaban J connectivity index is 1.68. The van der Waals surface area contributed by atoms with Crippen LogP contribution in [0, 0.1) is 5.41 Å². The van der Waals surface area contributed by atoms with Gasteiger partial charge < -0.3 is 15.6 Å². The number of anilines is 1. The maximum absolute atomic E-state index is 9.61. The van der Waals surface area contributed by atoms with Gasteiger partial charge in [-0.3, -0.25) is 0 Å². The van der Waals surface area contributed by atoms with E-state index in [9.17, 15) is 5.11 Å². The third kappa shape index (κ3) is 2.74. The van der Waals surface area contributed by atoms with E-state index in [0.29, 0.717) is 12.4 Å². The van der Waals surface area contributed by atoms with E-state index in [1.807, 2.05) is 12.1 Å². The summed E-state index contributed by atoms with van der Waals surface area (Å²) in [5.41, 5.74) is 9.03. The standard InChI is InChI=1S/C19H20N2O2S/c20-18-9-17(23-12-19(11-22)5-1-6-19)15-3-2-13(8-16(15)21-18)14-4-7-24-10-14/h2-4,7-10,22H,1,5-6,11-12H2,(H2,20,21). The Morgan fingerprint density at radius 2 is 2.08 bits per heavy atom. The molecule has 0 atom stereocenters. The number of rotatable bonds is 5. The lowest BCUT2D eigenvalue weighted by atomic mass is 9.70. The SMILES string of the molecule is Nc1cc(OCC2(CO)CCC2)c2ccc(-c3ccsc3)cc2n1. The Kier molecular flexibility index (Phi) is 3.90. The van der Waals surface area contributed by atoms with Crippen molar-refractivity contribution in [2.45, 2.75) is 19.3 Å². The van der Waals surface area contributed by atoms with Crippen molar-refractivity contribution in [3.63, 3.8) is 0 Å². The first kappa shape index (κ1) is 15.4. The quantitative estimate of drug-likeness (QED) is 0.734. The molecule has 4 nitrogen and oxygen atoms in total. The van der Waals surface area contributed by atoms with Crippen molar-refractivity contribution in [1.82, 2.24) is 4.98 Å². The van der Waals surface area contributed by atoms with Crippen LogP contribution in [0.3, 0.4) is 0 Å². The van der Waals surface area contributed by atoms with Crippen LogP contribution in [0.2, 0.25) is 0 Å². The van der Waals surface area contributed by atoms with Crippen LogP contribution in [-0.4, -0.2) is 23.3 Å². The van der Waals surface area contributed by atoms with E-state index >= 15 is 0 Å². The minimum atomic E-state index is -0.0824. The van der Waals surface area contributed by atoms with E-state index in [1.54, 1.807) is 17.4 Å². The monoisotopic (exact) mass is 340 g/mol. The van der Waals surface area contributed by atoms with Gasteiger partial charge in [0, 0.05) is 16.9 Å². The molecule has 24 heavy (non-hydrogen) atoms. The minimum absolute atomic E-state index is 0.0824. The van der Waals surface area contributed by atoms with E-state index in [2.05, 4.69) is 27.9 Å². The zero-order valence-corrected chi connectivity index (χ0v) is 14.2. The molecule has 0 aliphatic heterocycles. The second-order valence-electron chi connectivity index (χ2n) is 6.59. The minimum Gasteiger partial charge on any atom is -0.492 e. The molecule has 3 N–H and O–H groups in total. The van der Waals surface area contributed by atoms with E-state index in [-0.39, 0.29) is 12.0 Å². The summed E-state index contributed by atoms with van der Waals surface area (Å²) >= 11 is 1.67. The van der Waals surface area contributed by atoms with Crippen LogP contribution < -0.4 is 10.5 Å². The fourth-order valence-corrected chi connectivity index (χ4v) is 3.86. The van der Waals surface area contributed by atoms with Crippen LogP contribution in [-0.2, 0) is 0 Å². The second-order valence-corrected chi connectivity index (χ2v) is 7.37. The molecule has 1 aliphatic carbocycles. The second kappa shape index (κ2) is 6.07. The summed E-state index contributed by atoms with van der Waals surface area (Å²) in [5.74, 6) is 1.20. The molecule has 0 radical (unpaired) electrons. The van der Waals surface area contributed by atoms with Crippen molar-refractivity contribution in [2.75, 3.05) is 18.9 Å². The normalized spacial score (nSPS) is 16.0. The molecule has 2 aromatic heterocycles. The third-order valence-corrected chi connectivity index (χ3v) is 5.61. The Hall–Kier alpha value is -2.11. The fourth-order valence-electron chi connectivity index (χ4n) is 3.20. The molecule has 1 saturated carbocycles. The van der Waals surface area contributed by atoms with Crippen LogP contribution in [0.1, 0.15) is 19.3 Å². The van der Waals surface area contributed by atoms with Crippen molar-refractivity contribution in [1.29, 1.82) is 0 Å². The van der Waals surface area contributed by atoms with E-state index in [0.717, 1.165) is 41.5 Å². The number of nitrogen functional groups attached to an aromatic ring is 1. The van der Waals surface area contributed by atoms with Gasteiger partial charge in [-0.2, -0.15) is 11.3 Å². The molecule has 124 valence electrons. The number of hydrogen-bond donors (Lipinski definition) is 2. The van der Waals surface area contributed by atoms with Crippen molar-refractivity contribution >= 4 is 28.1 Å². The zero-order valence-electron chi connectivity index (χ0n) is 13.4. The van der Waals surface area contributed by atoms with Crippen LogP contribution in [0.4, 0.5) is 5.82 Å². The predicted octanol–water partition coefficient (Wildman–Crippen LogP) is 4.09. The summed E-state index contributed by atoms with van der Waals surface area (Å²) in [6, 6.07) is 10.0. The van der Waals surface area contributed by atoms with Gasteiger partial charge in [0.25, 0.3) is 0 Å². The maximum atomic E-state index is 9.61. The van der Waals surface area contributed by atoms with Gasteiger partial charge >= 0.3 is 0 Å². The maximum Gasteiger partial charge on any atom is 0.132 e. The van der Waals surface area contributed by atoms with Crippen molar-refractivity contribution in [3.8, 4) is 16.9 Å². The van der Waals surface area contributed by atoms with Gasteiger partial charge in [-0.1, -0.05) is 12.5 Å². The highest BCUT2D eigenvalue weighted by atomic mass is 32.1. The first-order chi connectivity index (χ1) is 11.7. The third-order valence-electron chi connectivity index (χ3n) is 4.93. The molecular formula is C19H20N2O2S. The summed E-state index contributed by atoms with van der Waals surface area (Å²) in [4.78, 5) is 4.46. The largest absolute Gasteiger partial charge is 0.492 e. The van der Waals surface area contributed by atoms with Gasteiger partial charge in [0.05, 0.1) is 18.7 Å². The number of hydrogen-bond acceptors (Lipinski definition) is 5. The number of fused-ring (bicyclic) bond motifs is 1. The number of nitrogens with two attached hydrogens (primary N) is 1. The number of nitrogens with zero attached hydrogens (tertiary/aromatic N) is 1. The molecule has 0 saturated heterocycles. The van der Waals surface area contributed by atoms with Crippen molar-refractivity contribution < 1.29 is 9.84 Å². The summed E-state index contributed by atoms with van der Waals surface area (Å²) in [6.07, 6.45) is 3.20. The highest BCUT2D eigenvalue weighted by Gasteiger charge is 2.37. The Morgan fingerprint density at radius 3 is 2.75 bits per heavy atom. The molecule has 1 fully saturated rings. The first-order valence-corrected chi connectivity index (χ1v) is 9.10.